The summed E-state index contributed by atoms with van der Waals surface area (Å²) in [5.41, 5.74) is 1.02. The van der Waals surface area contributed by atoms with Crippen molar-refractivity contribution in [2.75, 3.05) is 13.6 Å². The highest BCUT2D eigenvalue weighted by molar-refractivity contribution is 6.10. The summed E-state index contributed by atoms with van der Waals surface area (Å²) in [5.74, 6) is -0.224. The van der Waals surface area contributed by atoms with Crippen molar-refractivity contribution in [3.8, 4) is 0 Å². The van der Waals surface area contributed by atoms with E-state index < -0.39 is 0 Å². The molecule has 0 saturated carbocycles. The molecule has 18 heavy (non-hydrogen) atoms. The van der Waals surface area contributed by atoms with Crippen molar-refractivity contribution in [3.05, 3.63) is 35.8 Å². The van der Waals surface area contributed by atoms with E-state index in [0.717, 1.165) is 19.4 Å². The number of nitrogens with one attached hydrogen (secondary N) is 1. The van der Waals surface area contributed by atoms with Crippen LogP contribution in [0.25, 0.3) is 10.9 Å². The second kappa shape index (κ2) is 4.21. The molecular weight excluding hydrogens is 231 g/mol. The smallest absolute Gasteiger partial charge is 0.182 e. The van der Waals surface area contributed by atoms with Gasteiger partial charge < -0.3 is 4.98 Å². The van der Waals surface area contributed by atoms with Gasteiger partial charge in [0.2, 0.25) is 0 Å². The number of H-pyrrole nitrogens is 1. The Morgan fingerprint density at radius 2 is 2.33 bits per heavy atom. The Labute approximate surface area is 105 Å². The maximum absolute atomic E-state index is 13.6. The number of aromatic amines is 1. The minimum absolute atomic E-state index is 0.0627. The number of nitrogens with zero attached hydrogens (tertiary/aromatic N) is 1. The molecule has 1 aliphatic heterocycles. The van der Waals surface area contributed by atoms with Crippen molar-refractivity contribution < 1.29 is 9.18 Å². The lowest BCUT2D eigenvalue weighted by atomic mass is 10.0. The van der Waals surface area contributed by atoms with Gasteiger partial charge >= 0.3 is 0 Å². The first-order chi connectivity index (χ1) is 8.68. The Bertz CT molecular complexity index is 605. The highest BCUT2D eigenvalue weighted by Crippen LogP contribution is 2.25. The quantitative estimate of drug-likeness (QED) is 0.827. The molecule has 3 rings (SSSR count). The van der Waals surface area contributed by atoms with Crippen molar-refractivity contribution >= 4 is 16.7 Å². The number of para-hydroxylation sites is 1. The van der Waals surface area contributed by atoms with E-state index in [0.29, 0.717) is 16.5 Å². The molecule has 1 atom stereocenters. The number of rotatable bonds is 2. The summed E-state index contributed by atoms with van der Waals surface area (Å²) < 4.78 is 13.6. The summed E-state index contributed by atoms with van der Waals surface area (Å²) in [6.07, 6.45) is 3.56. The monoisotopic (exact) mass is 246 g/mol. The van der Waals surface area contributed by atoms with Crippen molar-refractivity contribution in [2.24, 2.45) is 0 Å². The summed E-state index contributed by atoms with van der Waals surface area (Å²) in [6, 6.07) is 4.76. The second-order valence-corrected chi connectivity index (χ2v) is 4.87. The first-order valence-electron chi connectivity index (χ1n) is 6.18. The van der Waals surface area contributed by atoms with Gasteiger partial charge in [-0.15, -0.1) is 0 Å². The van der Waals surface area contributed by atoms with Gasteiger partial charge in [-0.05, 0) is 32.5 Å². The van der Waals surface area contributed by atoms with Crippen LogP contribution in [0.1, 0.15) is 23.2 Å². The molecule has 3 nitrogen and oxygen atoms in total. The molecule has 0 bridgehead atoms. The van der Waals surface area contributed by atoms with Crippen molar-refractivity contribution in [2.45, 2.75) is 18.9 Å². The standard InChI is InChI=1S/C14H15FN2O/c1-17-7-3-6-12(17)14(18)10-8-16-13-9(10)4-2-5-11(13)15/h2,4-5,8,12,16H,3,6-7H2,1H3. The topological polar surface area (TPSA) is 36.1 Å². The number of Topliss-reactive ketones (excluding diaryl/α,β-unsaturated/α-hetero) is 1. The summed E-state index contributed by atoms with van der Waals surface area (Å²) >= 11 is 0. The van der Waals surface area contributed by atoms with E-state index in [-0.39, 0.29) is 17.6 Å². The number of ketones is 1. The van der Waals surface area contributed by atoms with Crippen LogP contribution in [0.5, 0.6) is 0 Å². The average Bonchev–Trinajstić information content (AvgIpc) is 2.95. The summed E-state index contributed by atoms with van der Waals surface area (Å²) in [7, 11) is 1.96. The lowest BCUT2D eigenvalue weighted by Gasteiger charge is -2.17. The normalized spacial score (nSPS) is 20.7. The SMILES string of the molecule is CN1CCCC1C(=O)c1c[nH]c2c(F)cccc12. The van der Waals surface area contributed by atoms with E-state index in [9.17, 15) is 9.18 Å². The maximum Gasteiger partial charge on any atom is 0.182 e. The van der Waals surface area contributed by atoms with Gasteiger partial charge in [-0.2, -0.15) is 0 Å². The number of aromatic nitrogens is 1. The fraction of sp³-hybridized carbons (Fsp3) is 0.357. The fourth-order valence-corrected chi connectivity index (χ4v) is 2.74. The number of carbonyl (C=O) groups excluding carboxylic acids is 1. The third kappa shape index (κ3) is 1.64. The molecule has 94 valence electrons. The van der Waals surface area contributed by atoms with Gasteiger partial charge in [0.1, 0.15) is 5.82 Å². The molecule has 0 aliphatic carbocycles. The summed E-state index contributed by atoms with van der Waals surface area (Å²) in [4.78, 5) is 17.4. The van der Waals surface area contributed by atoms with E-state index in [1.165, 1.54) is 6.07 Å². The number of fused-ring (bicyclic) bond motifs is 1. The van der Waals surface area contributed by atoms with Crippen LogP contribution in [0.2, 0.25) is 0 Å². The van der Waals surface area contributed by atoms with Crippen LogP contribution < -0.4 is 0 Å². The summed E-state index contributed by atoms with van der Waals surface area (Å²) in [5, 5.41) is 0.681. The Morgan fingerprint density at radius 3 is 3.06 bits per heavy atom. The lowest BCUT2D eigenvalue weighted by molar-refractivity contribution is 0.0892. The van der Waals surface area contributed by atoms with Crippen LogP contribution in [0, 0.1) is 5.82 Å². The Kier molecular flexibility index (Phi) is 2.67. The number of benzene rings is 1. The van der Waals surface area contributed by atoms with E-state index in [4.69, 9.17) is 0 Å². The van der Waals surface area contributed by atoms with Gasteiger partial charge in [-0.1, -0.05) is 12.1 Å². The molecule has 0 radical (unpaired) electrons. The maximum atomic E-state index is 13.6. The molecule has 1 unspecified atom stereocenters. The van der Waals surface area contributed by atoms with E-state index >= 15 is 0 Å². The van der Waals surface area contributed by atoms with Gasteiger partial charge in [-0.25, -0.2) is 4.39 Å². The largest absolute Gasteiger partial charge is 0.358 e. The van der Waals surface area contributed by atoms with Crippen LogP contribution in [0.15, 0.2) is 24.4 Å². The number of carbonyl (C=O) groups is 1. The minimum atomic E-state index is -0.314. The molecule has 0 amide bonds. The molecule has 2 heterocycles. The van der Waals surface area contributed by atoms with Crippen LogP contribution in [-0.2, 0) is 0 Å². The number of likely N-dealkylation sites (tertiary alicyclic amines) is 1. The molecule has 0 spiro atoms. The predicted octanol–water partition coefficient (Wildman–Crippen LogP) is 2.58. The molecule has 1 saturated heterocycles. The first kappa shape index (κ1) is 11.4. The van der Waals surface area contributed by atoms with Crippen LogP contribution in [0.3, 0.4) is 0 Å². The molecule has 1 aromatic heterocycles. The van der Waals surface area contributed by atoms with Gasteiger partial charge in [0.25, 0.3) is 0 Å². The molecular formula is C14H15FN2O. The molecule has 1 aromatic carbocycles. The number of hydrogen-bond acceptors (Lipinski definition) is 2. The van der Waals surface area contributed by atoms with Gasteiger partial charge in [0, 0.05) is 17.1 Å². The average molecular weight is 246 g/mol. The van der Waals surface area contributed by atoms with E-state index in [1.54, 1.807) is 18.3 Å². The number of likely N-dealkylation sites (N-methyl/N-ethyl adjacent to an activating group) is 1. The molecule has 1 N–H and O–H groups in total. The zero-order valence-corrected chi connectivity index (χ0v) is 10.2. The third-order valence-corrected chi connectivity index (χ3v) is 3.75. The van der Waals surface area contributed by atoms with Crippen LogP contribution >= 0.6 is 0 Å². The molecule has 4 heteroatoms. The van der Waals surface area contributed by atoms with Crippen molar-refractivity contribution in [3.63, 3.8) is 0 Å². The Hall–Kier alpha value is -1.68. The minimum Gasteiger partial charge on any atom is -0.358 e. The van der Waals surface area contributed by atoms with Crippen LogP contribution in [-0.4, -0.2) is 35.3 Å². The number of halogens is 1. The van der Waals surface area contributed by atoms with Crippen LogP contribution in [0.4, 0.5) is 4.39 Å². The van der Waals surface area contributed by atoms with E-state index in [1.807, 2.05) is 7.05 Å². The predicted molar refractivity (Wildman–Crippen MR) is 68.2 cm³/mol. The molecule has 2 aromatic rings. The van der Waals surface area contributed by atoms with Crippen molar-refractivity contribution in [1.82, 2.24) is 9.88 Å². The number of hydrogen-bond donors (Lipinski definition) is 1. The lowest BCUT2D eigenvalue weighted by Crippen LogP contribution is -2.32. The first-order valence-corrected chi connectivity index (χ1v) is 6.18. The highest BCUT2D eigenvalue weighted by Gasteiger charge is 2.30. The Balaban J connectivity index is 2.04. The third-order valence-electron chi connectivity index (χ3n) is 3.75. The van der Waals surface area contributed by atoms with Gasteiger partial charge in [0.15, 0.2) is 5.78 Å². The van der Waals surface area contributed by atoms with E-state index in [2.05, 4.69) is 9.88 Å². The van der Waals surface area contributed by atoms with Crippen molar-refractivity contribution in [1.29, 1.82) is 0 Å². The zero-order valence-electron chi connectivity index (χ0n) is 10.2. The molecule has 1 aliphatic rings. The fourth-order valence-electron chi connectivity index (χ4n) is 2.74. The Morgan fingerprint density at radius 1 is 1.50 bits per heavy atom. The van der Waals surface area contributed by atoms with Gasteiger partial charge in [-0.3, -0.25) is 9.69 Å². The zero-order chi connectivity index (χ0) is 12.7. The second-order valence-electron chi connectivity index (χ2n) is 4.87. The highest BCUT2D eigenvalue weighted by atomic mass is 19.1. The molecule has 1 fully saturated rings. The summed E-state index contributed by atoms with van der Waals surface area (Å²) in [6.45, 7) is 0.952. The van der Waals surface area contributed by atoms with Gasteiger partial charge in [0.05, 0.1) is 11.6 Å².